The average Bonchev–Trinajstić information content (AvgIpc) is 3.72. The molecule has 2 atom stereocenters. The maximum absolute atomic E-state index is 12.9. The zero-order valence-electron chi connectivity index (χ0n) is 35.9. The van der Waals surface area contributed by atoms with Crippen LogP contribution in [0.3, 0.4) is 0 Å². The summed E-state index contributed by atoms with van der Waals surface area (Å²) in [4.78, 5) is 39.4. The van der Waals surface area contributed by atoms with Crippen molar-refractivity contribution in [2.75, 3.05) is 42.6 Å². The van der Waals surface area contributed by atoms with Gasteiger partial charge in [-0.1, -0.05) is 11.6 Å². The molecule has 3 amide bonds. The van der Waals surface area contributed by atoms with Crippen molar-refractivity contribution in [1.29, 1.82) is 0 Å². The Morgan fingerprint density at radius 3 is 2.16 bits per heavy atom. The van der Waals surface area contributed by atoms with Crippen molar-refractivity contribution >= 4 is 65.2 Å². The number of rotatable bonds is 21. The van der Waals surface area contributed by atoms with Gasteiger partial charge in [-0.3, -0.25) is 32.9 Å². The fourth-order valence-corrected chi connectivity index (χ4v) is 10.3. The highest BCUT2D eigenvalue weighted by atomic mass is 32.2. The van der Waals surface area contributed by atoms with E-state index in [4.69, 9.17) is 0 Å². The zero-order chi connectivity index (χ0) is 46.4. The number of nitrogens with zero attached hydrogens (tertiary/aromatic N) is 3. The number of hydrogen-bond donors (Lipinski definition) is 4. The number of aryl methyl sites for hydroxylation is 1. The number of allylic oxidation sites excluding steroid dienone is 8. The lowest BCUT2D eigenvalue weighted by molar-refractivity contribution is -0.433. The van der Waals surface area contributed by atoms with Crippen LogP contribution >= 0.6 is 0 Å². The molecule has 4 N–H and O–H groups in total. The van der Waals surface area contributed by atoms with E-state index in [9.17, 15) is 53.3 Å². The third kappa shape index (κ3) is 12.0. The SMILES string of the molecule is CC[N+]1=C(/C=C/[C+]=C/C=C/C=C2/N(CCCS(=O)(=O)O)c3ccc(S(=O)(=O)O)cc3C2(C)CCCC(=O)NCCN2C(=O)CCC2=O)C(C)(CCCS(=O)(=O)O)c2cc(C)ccc21. The van der Waals surface area contributed by atoms with Gasteiger partial charge in [0.05, 0.1) is 21.8 Å². The molecule has 0 saturated carbocycles. The zero-order valence-corrected chi connectivity index (χ0v) is 38.4. The molecule has 3 aliphatic rings. The Hall–Kier alpha value is -4.88. The van der Waals surface area contributed by atoms with Crippen LogP contribution in [0.15, 0.2) is 83.4 Å². The molecule has 340 valence electrons. The molecule has 63 heavy (non-hydrogen) atoms. The van der Waals surface area contributed by atoms with Gasteiger partial charge in [0.2, 0.25) is 29.1 Å². The molecule has 3 heterocycles. The maximum Gasteiger partial charge on any atom is 0.294 e. The lowest BCUT2D eigenvalue weighted by atomic mass is 9.75. The molecule has 0 radical (unpaired) electrons. The topological polar surface area (TPSA) is 236 Å². The van der Waals surface area contributed by atoms with Crippen LogP contribution in [0.1, 0.15) is 88.8 Å². The van der Waals surface area contributed by atoms with E-state index in [-0.39, 0.29) is 80.1 Å². The van der Waals surface area contributed by atoms with Crippen molar-refractivity contribution in [3.8, 4) is 0 Å². The first-order valence-corrected chi connectivity index (χ1v) is 25.4. The summed E-state index contributed by atoms with van der Waals surface area (Å²) in [6.45, 7) is 8.87. The van der Waals surface area contributed by atoms with Gasteiger partial charge in [0.15, 0.2) is 0 Å². The van der Waals surface area contributed by atoms with Crippen LogP contribution in [0.2, 0.25) is 0 Å². The van der Waals surface area contributed by atoms with Crippen molar-refractivity contribution in [2.24, 2.45) is 0 Å². The Labute approximate surface area is 370 Å². The maximum atomic E-state index is 12.9. The van der Waals surface area contributed by atoms with Crippen LogP contribution in [0.25, 0.3) is 0 Å². The minimum Gasteiger partial charge on any atom is -0.354 e. The lowest BCUT2D eigenvalue weighted by Crippen LogP contribution is -2.37. The minimum atomic E-state index is -4.62. The summed E-state index contributed by atoms with van der Waals surface area (Å²) < 4.78 is 102. The molecule has 16 nitrogen and oxygen atoms in total. The summed E-state index contributed by atoms with van der Waals surface area (Å²) in [5.74, 6) is -1.77. The molecule has 19 heteroatoms. The smallest absolute Gasteiger partial charge is 0.294 e. The van der Waals surface area contributed by atoms with Gasteiger partial charge in [0.1, 0.15) is 24.8 Å². The number of anilines is 1. The van der Waals surface area contributed by atoms with E-state index in [2.05, 4.69) is 35.0 Å². The average molecular weight is 929 g/mol. The molecular weight excluding hydrogens is 873 g/mol. The monoisotopic (exact) mass is 928 g/mol. The molecule has 1 fully saturated rings. The van der Waals surface area contributed by atoms with Gasteiger partial charge in [0, 0.05) is 79.5 Å². The van der Waals surface area contributed by atoms with Crippen molar-refractivity contribution < 1.29 is 57.9 Å². The number of fused-ring (bicyclic) bond motifs is 2. The predicted molar refractivity (Wildman–Crippen MR) is 239 cm³/mol. The molecular formula is C44H56N4O12S3+2. The Kier molecular flexibility index (Phi) is 15.5. The summed E-state index contributed by atoms with van der Waals surface area (Å²) in [7, 11) is -13.1. The van der Waals surface area contributed by atoms with Crippen LogP contribution in [-0.2, 0) is 55.6 Å². The van der Waals surface area contributed by atoms with Crippen LogP contribution in [0.5, 0.6) is 0 Å². The Morgan fingerprint density at radius 1 is 0.841 bits per heavy atom. The highest BCUT2D eigenvalue weighted by molar-refractivity contribution is 7.86. The van der Waals surface area contributed by atoms with Gasteiger partial charge in [-0.15, -0.1) is 0 Å². The number of nitrogens with one attached hydrogen (secondary N) is 1. The van der Waals surface area contributed by atoms with E-state index in [1.54, 1.807) is 30.4 Å². The Bertz CT molecular complexity index is 2600. The van der Waals surface area contributed by atoms with E-state index < -0.39 is 46.9 Å². The third-order valence-corrected chi connectivity index (χ3v) is 14.3. The van der Waals surface area contributed by atoms with Crippen LogP contribution in [0.4, 0.5) is 11.4 Å². The van der Waals surface area contributed by atoms with E-state index >= 15 is 0 Å². The summed E-state index contributed by atoms with van der Waals surface area (Å²) >= 11 is 0. The molecule has 5 rings (SSSR count). The van der Waals surface area contributed by atoms with Gasteiger partial charge >= 0.3 is 0 Å². The Balaban J connectivity index is 1.41. The number of amides is 3. The second-order valence-electron chi connectivity index (χ2n) is 16.4. The first kappa shape index (κ1) is 49.1. The van der Waals surface area contributed by atoms with Gasteiger partial charge in [0.25, 0.3) is 30.4 Å². The molecule has 0 bridgehead atoms. The van der Waals surface area contributed by atoms with Gasteiger partial charge < -0.3 is 10.2 Å². The Morgan fingerprint density at radius 2 is 1.51 bits per heavy atom. The van der Waals surface area contributed by atoms with Gasteiger partial charge in [-0.25, -0.2) is 0 Å². The van der Waals surface area contributed by atoms with Crippen molar-refractivity contribution in [3.05, 3.63) is 101 Å². The number of carbonyl (C=O) groups is 3. The molecule has 0 spiro atoms. The largest absolute Gasteiger partial charge is 0.354 e. The number of likely N-dealkylation sites (tertiary alicyclic amines) is 1. The molecule has 2 unspecified atom stereocenters. The van der Waals surface area contributed by atoms with E-state index in [0.29, 0.717) is 42.8 Å². The second-order valence-corrected chi connectivity index (χ2v) is 21.0. The normalized spacial score (nSPS) is 21.2. The first-order valence-electron chi connectivity index (χ1n) is 20.8. The fourth-order valence-electron chi connectivity index (χ4n) is 8.79. The standard InChI is InChI=1S/C44H54N4O12S3/c1-5-46-36-19-17-32(2)30-34(36)44(4,24-12-28-61(52,53)54)38(46)14-9-7-6-8-10-15-39-43(3,23-11-16-40(49)45-25-27-48-41(50)21-22-42(48)51)35-31-33(63(58,59)60)18-20-37(35)47(39)26-13-29-62(55,56)57/h6,8-10,14-15,17-20,30-31H,5,11-13,16,21-29H2,1-4H3,(H2-2,45,49,52,53,54,55,56,57,58,59,60)/p+2. The summed E-state index contributed by atoms with van der Waals surface area (Å²) in [5.41, 5.74) is 4.29. The van der Waals surface area contributed by atoms with Crippen LogP contribution in [0, 0.1) is 13.0 Å². The molecule has 1 saturated heterocycles. The van der Waals surface area contributed by atoms with Gasteiger partial charge in [-0.2, -0.15) is 29.8 Å². The van der Waals surface area contributed by atoms with Crippen molar-refractivity contribution in [2.45, 2.75) is 94.8 Å². The highest BCUT2D eigenvalue weighted by Crippen LogP contribution is 2.51. The van der Waals surface area contributed by atoms with Crippen LogP contribution < -0.4 is 10.2 Å². The number of carbonyl (C=O) groups excluding carboxylic acids is 3. The highest BCUT2D eigenvalue weighted by Gasteiger charge is 2.49. The van der Waals surface area contributed by atoms with Crippen molar-refractivity contribution in [3.63, 3.8) is 0 Å². The number of benzene rings is 2. The van der Waals surface area contributed by atoms with E-state index in [0.717, 1.165) is 27.4 Å². The lowest BCUT2D eigenvalue weighted by Gasteiger charge is -2.30. The number of imide groups is 1. The fraction of sp³-hybridized carbons (Fsp3) is 0.455. The molecule has 3 aliphatic heterocycles. The van der Waals surface area contributed by atoms with E-state index in [1.165, 1.54) is 18.2 Å². The van der Waals surface area contributed by atoms with Gasteiger partial charge in [-0.05, 0) is 102 Å². The van der Waals surface area contributed by atoms with Crippen molar-refractivity contribution in [1.82, 2.24) is 10.2 Å². The minimum absolute atomic E-state index is 0.0180. The van der Waals surface area contributed by atoms with E-state index in [1.807, 2.05) is 37.8 Å². The third-order valence-electron chi connectivity index (χ3n) is 11.9. The molecule has 0 aliphatic carbocycles. The first-order chi connectivity index (χ1) is 29.5. The molecule has 0 aromatic heterocycles. The summed E-state index contributed by atoms with van der Waals surface area (Å²) in [6.07, 6.45) is 15.5. The summed E-state index contributed by atoms with van der Waals surface area (Å²) in [5, 5.41) is 2.74. The molecule has 2 aromatic rings. The summed E-state index contributed by atoms with van der Waals surface area (Å²) in [6, 6.07) is 10.3. The number of hydrogen-bond acceptors (Lipinski definition) is 10. The quantitative estimate of drug-likeness (QED) is 0.0418. The van der Waals surface area contributed by atoms with Crippen LogP contribution in [-0.4, -0.2) is 110 Å². The predicted octanol–water partition coefficient (Wildman–Crippen LogP) is 5.13. The second kappa shape index (κ2) is 19.9. The molecule has 2 aromatic carbocycles.